The van der Waals surface area contributed by atoms with E-state index in [2.05, 4.69) is 31.6 Å². The molecule has 1 aromatic carbocycles. The molecule has 0 saturated carbocycles. The molecule has 21 heavy (non-hydrogen) atoms. The SMILES string of the molecule is Cn1ncc(Br)c1C(NN)c1ccn(-c2ccccc2)n1. The number of hydrazine groups is 1. The Balaban J connectivity index is 1.98. The van der Waals surface area contributed by atoms with Crippen molar-refractivity contribution >= 4 is 15.9 Å². The van der Waals surface area contributed by atoms with Crippen LogP contribution in [0.4, 0.5) is 0 Å². The van der Waals surface area contributed by atoms with E-state index in [-0.39, 0.29) is 6.04 Å². The summed E-state index contributed by atoms with van der Waals surface area (Å²) in [6, 6.07) is 11.6. The van der Waals surface area contributed by atoms with E-state index in [4.69, 9.17) is 5.84 Å². The number of nitrogens with two attached hydrogens (primary N) is 1. The predicted molar refractivity (Wildman–Crippen MR) is 83.6 cm³/mol. The summed E-state index contributed by atoms with van der Waals surface area (Å²) in [5.41, 5.74) is 5.56. The fraction of sp³-hybridized carbons (Fsp3) is 0.143. The quantitative estimate of drug-likeness (QED) is 0.559. The van der Waals surface area contributed by atoms with Gasteiger partial charge >= 0.3 is 0 Å². The van der Waals surface area contributed by atoms with Gasteiger partial charge in [0.15, 0.2) is 0 Å². The van der Waals surface area contributed by atoms with Crippen LogP contribution in [0.1, 0.15) is 17.4 Å². The van der Waals surface area contributed by atoms with Gasteiger partial charge in [0.1, 0.15) is 6.04 Å². The highest BCUT2D eigenvalue weighted by atomic mass is 79.9. The first-order chi connectivity index (χ1) is 10.2. The second kappa shape index (κ2) is 5.80. The van der Waals surface area contributed by atoms with Crippen molar-refractivity contribution in [3.05, 3.63) is 64.7 Å². The maximum Gasteiger partial charge on any atom is 0.108 e. The highest BCUT2D eigenvalue weighted by molar-refractivity contribution is 9.10. The van der Waals surface area contributed by atoms with E-state index in [0.29, 0.717) is 0 Å². The number of hydrogen-bond acceptors (Lipinski definition) is 4. The Hall–Kier alpha value is -1.96. The minimum absolute atomic E-state index is 0.239. The Kier molecular flexibility index (Phi) is 3.87. The summed E-state index contributed by atoms with van der Waals surface area (Å²) < 4.78 is 4.49. The van der Waals surface area contributed by atoms with Crippen molar-refractivity contribution in [1.29, 1.82) is 0 Å². The van der Waals surface area contributed by atoms with Crippen molar-refractivity contribution in [2.24, 2.45) is 12.9 Å². The van der Waals surface area contributed by atoms with E-state index in [0.717, 1.165) is 21.5 Å². The molecule has 0 spiro atoms. The molecule has 0 fully saturated rings. The molecule has 7 heteroatoms. The van der Waals surface area contributed by atoms with Crippen molar-refractivity contribution in [1.82, 2.24) is 25.0 Å². The van der Waals surface area contributed by atoms with Crippen molar-refractivity contribution < 1.29 is 0 Å². The first-order valence-corrected chi connectivity index (χ1v) is 7.24. The van der Waals surface area contributed by atoms with Crippen LogP contribution in [0.3, 0.4) is 0 Å². The summed E-state index contributed by atoms with van der Waals surface area (Å²) in [6.45, 7) is 0. The zero-order valence-corrected chi connectivity index (χ0v) is 13.0. The normalized spacial score (nSPS) is 12.5. The van der Waals surface area contributed by atoms with Gasteiger partial charge in [-0.05, 0) is 34.1 Å². The summed E-state index contributed by atoms with van der Waals surface area (Å²) in [5, 5.41) is 8.82. The molecular weight excluding hydrogens is 332 g/mol. The van der Waals surface area contributed by atoms with Crippen LogP contribution in [0.25, 0.3) is 5.69 Å². The highest BCUT2D eigenvalue weighted by Crippen LogP contribution is 2.26. The number of aryl methyl sites for hydroxylation is 1. The molecule has 0 aliphatic rings. The Morgan fingerprint density at radius 2 is 2.00 bits per heavy atom. The van der Waals surface area contributed by atoms with Crippen LogP contribution >= 0.6 is 15.9 Å². The van der Waals surface area contributed by atoms with E-state index >= 15 is 0 Å². The summed E-state index contributed by atoms with van der Waals surface area (Å²) in [6.07, 6.45) is 3.66. The molecule has 3 N–H and O–H groups in total. The van der Waals surface area contributed by atoms with Crippen LogP contribution < -0.4 is 11.3 Å². The molecule has 0 aliphatic carbocycles. The lowest BCUT2D eigenvalue weighted by Gasteiger charge is -2.14. The fourth-order valence-electron chi connectivity index (χ4n) is 2.27. The van der Waals surface area contributed by atoms with Gasteiger partial charge in [-0.15, -0.1) is 0 Å². The molecule has 6 nitrogen and oxygen atoms in total. The predicted octanol–water partition coefficient (Wildman–Crippen LogP) is 1.92. The molecule has 0 bridgehead atoms. The number of halogens is 1. The Bertz CT molecular complexity index is 714. The molecular formula is C14H15BrN6. The van der Waals surface area contributed by atoms with Crippen LogP contribution in [0.2, 0.25) is 0 Å². The van der Waals surface area contributed by atoms with Crippen molar-refractivity contribution in [2.75, 3.05) is 0 Å². The Labute approximate surface area is 130 Å². The number of hydrogen-bond donors (Lipinski definition) is 2. The lowest BCUT2D eigenvalue weighted by Crippen LogP contribution is -2.31. The molecule has 3 aromatic rings. The Morgan fingerprint density at radius 3 is 2.62 bits per heavy atom. The Morgan fingerprint density at radius 1 is 1.24 bits per heavy atom. The van der Waals surface area contributed by atoms with Gasteiger partial charge in [0, 0.05) is 13.2 Å². The maximum atomic E-state index is 5.72. The second-order valence-electron chi connectivity index (χ2n) is 4.62. The third-order valence-corrected chi connectivity index (χ3v) is 3.91. The lowest BCUT2D eigenvalue weighted by atomic mass is 10.1. The van der Waals surface area contributed by atoms with Crippen molar-refractivity contribution in [2.45, 2.75) is 6.04 Å². The van der Waals surface area contributed by atoms with E-state index in [1.54, 1.807) is 10.9 Å². The molecule has 0 amide bonds. The molecule has 3 rings (SSSR count). The zero-order chi connectivity index (χ0) is 14.8. The number of para-hydroxylation sites is 1. The van der Waals surface area contributed by atoms with Gasteiger partial charge in [0.25, 0.3) is 0 Å². The van der Waals surface area contributed by atoms with Crippen LogP contribution in [0.15, 0.2) is 53.3 Å². The molecule has 0 saturated heterocycles. The highest BCUT2D eigenvalue weighted by Gasteiger charge is 2.22. The van der Waals surface area contributed by atoms with E-state index in [1.807, 2.05) is 54.3 Å². The fourth-order valence-corrected chi connectivity index (χ4v) is 2.84. The molecule has 2 aromatic heterocycles. The van der Waals surface area contributed by atoms with Gasteiger partial charge < -0.3 is 0 Å². The van der Waals surface area contributed by atoms with Gasteiger partial charge in [-0.3, -0.25) is 10.5 Å². The third kappa shape index (κ3) is 2.63. The summed E-state index contributed by atoms with van der Waals surface area (Å²) in [5.74, 6) is 5.72. The average Bonchev–Trinajstić information content (AvgIpc) is 3.11. The molecule has 1 unspecified atom stereocenters. The first-order valence-electron chi connectivity index (χ1n) is 6.45. The van der Waals surface area contributed by atoms with Crippen molar-refractivity contribution in [3.63, 3.8) is 0 Å². The lowest BCUT2D eigenvalue weighted by molar-refractivity contribution is 0.557. The number of benzene rings is 1. The van der Waals surface area contributed by atoms with Crippen molar-refractivity contribution in [3.8, 4) is 5.69 Å². The van der Waals surface area contributed by atoms with Gasteiger partial charge in [-0.1, -0.05) is 18.2 Å². The smallest absolute Gasteiger partial charge is 0.108 e. The minimum Gasteiger partial charge on any atom is -0.270 e. The third-order valence-electron chi connectivity index (χ3n) is 3.30. The van der Waals surface area contributed by atoms with Crippen LogP contribution in [0.5, 0.6) is 0 Å². The summed E-state index contributed by atoms with van der Waals surface area (Å²) in [4.78, 5) is 0. The molecule has 0 aliphatic heterocycles. The van der Waals surface area contributed by atoms with E-state index in [1.165, 1.54) is 0 Å². The number of rotatable bonds is 4. The maximum absolute atomic E-state index is 5.72. The minimum atomic E-state index is -0.239. The number of nitrogens with one attached hydrogen (secondary N) is 1. The standard InChI is InChI=1S/C14H15BrN6/c1-20-14(11(15)9-17-20)13(18-16)12-7-8-21(19-12)10-5-3-2-4-6-10/h2-9,13,18H,16H2,1H3. The monoisotopic (exact) mass is 346 g/mol. The molecule has 1 atom stereocenters. The van der Waals surface area contributed by atoms with Gasteiger partial charge in [0.05, 0.1) is 27.7 Å². The second-order valence-corrected chi connectivity index (χ2v) is 5.48. The largest absolute Gasteiger partial charge is 0.270 e. The molecule has 0 radical (unpaired) electrons. The van der Waals surface area contributed by atoms with E-state index < -0.39 is 0 Å². The van der Waals surface area contributed by atoms with Gasteiger partial charge in [-0.2, -0.15) is 10.2 Å². The average molecular weight is 347 g/mol. The molecule has 108 valence electrons. The number of nitrogens with zero attached hydrogens (tertiary/aromatic N) is 4. The first kappa shape index (κ1) is 14.0. The van der Waals surface area contributed by atoms with Gasteiger partial charge in [0.2, 0.25) is 0 Å². The summed E-state index contributed by atoms with van der Waals surface area (Å²) >= 11 is 3.49. The number of aromatic nitrogens is 4. The topological polar surface area (TPSA) is 73.7 Å². The van der Waals surface area contributed by atoms with Crippen LogP contribution in [0, 0.1) is 0 Å². The van der Waals surface area contributed by atoms with Gasteiger partial charge in [-0.25, -0.2) is 10.1 Å². The van der Waals surface area contributed by atoms with E-state index in [9.17, 15) is 0 Å². The zero-order valence-electron chi connectivity index (χ0n) is 11.4. The van der Waals surface area contributed by atoms with Crippen LogP contribution in [-0.2, 0) is 7.05 Å². The summed E-state index contributed by atoms with van der Waals surface area (Å²) in [7, 11) is 1.87. The van der Waals surface area contributed by atoms with Crippen LogP contribution in [-0.4, -0.2) is 19.6 Å². The molecule has 2 heterocycles.